The second-order valence-corrected chi connectivity index (χ2v) is 4.29. The fraction of sp³-hybridized carbons (Fsp3) is 0.143. The molecule has 0 atom stereocenters. The molecule has 1 aromatic heterocycles. The molecule has 19 heavy (non-hydrogen) atoms. The Kier molecular flexibility index (Phi) is 5.13. The van der Waals surface area contributed by atoms with Crippen LogP contribution in [0.4, 0.5) is 0 Å². The average molecular weight is 273 g/mol. The highest BCUT2D eigenvalue weighted by Crippen LogP contribution is 1.98. The molecule has 4 nitrogen and oxygen atoms in total. The van der Waals surface area contributed by atoms with Crippen LogP contribution in [-0.2, 0) is 6.42 Å². The highest BCUT2D eigenvalue weighted by Gasteiger charge is 1.94. The lowest BCUT2D eigenvalue weighted by atomic mass is 10.1. The lowest BCUT2D eigenvalue weighted by molar-refractivity contribution is 0.560. The number of thiocarbonyl (C=S) groups is 1. The van der Waals surface area contributed by atoms with Crippen LogP contribution in [0.5, 0.6) is 0 Å². The maximum Gasteiger partial charge on any atom is 0.186 e. The molecule has 2 aromatic rings. The summed E-state index contributed by atoms with van der Waals surface area (Å²) < 4.78 is 5.10. The Morgan fingerprint density at radius 3 is 2.79 bits per heavy atom. The van der Waals surface area contributed by atoms with Gasteiger partial charge in [0.1, 0.15) is 5.76 Å². The van der Waals surface area contributed by atoms with E-state index in [2.05, 4.69) is 28.0 Å². The fourth-order valence-corrected chi connectivity index (χ4v) is 1.68. The lowest BCUT2D eigenvalue weighted by Crippen LogP contribution is -2.33. The van der Waals surface area contributed by atoms with E-state index < -0.39 is 0 Å². The molecule has 0 spiro atoms. The number of hydrogen-bond donors (Lipinski definition) is 2. The van der Waals surface area contributed by atoms with Crippen molar-refractivity contribution < 1.29 is 4.42 Å². The molecule has 0 fully saturated rings. The fourth-order valence-electron chi connectivity index (χ4n) is 1.52. The van der Waals surface area contributed by atoms with Crippen LogP contribution in [0.3, 0.4) is 0 Å². The summed E-state index contributed by atoms with van der Waals surface area (Å²) in [6.45, 7) is 0.770. The van der Waals surface area contributed by atoms with Crippen LogP contribution in [-0.4, -0.2) is 17.9 Å². The predicted octanol–water partition coefficient (Wildman–Crippen LogP) is 2.32. The first-order valence-electron chi connectivity index (χ1n) is 5.99. The predicted molar refractivity (Wildman–Crippen MR) is 80.2 cm³/mol. The van der Waals surface area contributed by atoms with E-state index in [1.807, 2.05) is 24.3 Å². The Bertz CT molecular complexity index is 523. The van der Waals surface area contributed by atoms with Crippen molar-refractivity contribution in [2.45, 2.75) is 6.42 Å². The van der Waals surface area contributed by atoms with Crippen LogP contribution in [0.2, 0.25) is 0 Å². The maximum absolute atomic E-state index is 5.10. The van der Waals surface area contributed by atoms with Crippen LogP contribution in [0.1, 0.15) is 11.3 Å². The minimum absolute atomic E-state index is 0.499. The Balaban J connectivity index is 1.65. The smallest absolute Gasteiger partial charge is 0.186 e. The van der Waals surface area contributed by atoms with Gasteiger partial charge in [0.2, 0.25) is 0 Å². The molecule has 5 heteroatoms. The van der Waals surface area contributed by atoms with E-state index in [1.165, 1.54) is 5.56 Å². The van der Waals surface area contributed by atoms with Gasteiger partial charge in [0.15, 0.2) is 5.11 Å². The Morgan fingerprint density at radius 2 is 2.05 bits per heavy atom. The van der Waals surface area contributed by atoms with Gasteiger partial charge in [0.05, 0.1) is 12.5 Å². The van der Waals surface area contributed by atoms with Crippen molar-refractivity contribution in [2.75, 3.05) is 6.54 Å². The Labute approximate surface area is 117 Å². The van der Waals surface area contributed by atoms with Crippen molar-refractivity contribution in [2.24, 2.45) is 5.10 Å². The summed E-state index contributed by atoms with van der Waals surface area (Å²) in [7, 11) is 0. The van der Waals surface area contributed by atoms with Gasteiger partial charge in [-0.3, -0.25) is 5.43 Å². The number of rotatable bonds is 5. The molecule has 1 aromatic carbocycles. The third-order valence-electron chi connectivity index (χ3n) is 2.44. The van der Waals surface area contributed by atoms with Gasteiger partial charge in [0.25, 0.3) is 0 Å². The minimum Gasteiger partial charge on any atom is -0.463 e. The highest BCUT2D eigenvalue weighted by atomic mass is 32.1. The molecule has 0 amide bonds. The first kappa shape index (κ1) is 13.3. The molecule has 1 heterocycles. The van der Waals surface area contributed by atoms with Gasteiger partial charge in [-0.2, -0.15) is 5.10 Å². The Morgan fingerprint density at radius 1 is 1.21 bits per heavy atom. The summed E-state index contributed by atoms with van der Waals surface area (Å²) in [4.78, 5) is 0. The molecule has 0 saturated carbocycles. The molecule has 0 saturated heterocycles. The van der Waals surface area contributed by atoms with Gasteiger partial charge < -0.3 is 9.73 Å². The molecule has 0 unspecified atom stereocenters. The molecular weight excluding hydrogens is 258 g/mol. The number of nitrogens with one attached hydrogen (secondary N) is 2. The summed E-state index contributed by atoms with van der Waals surface area (Å²) >= 11 is 5.10. The van der Waals surface area contributed by atoms with Crippen LogP contribution in [0.15, 0.2) is 58.2 Å². The van der Waals surface area contributed by atoms with Crippen molar-refractivity contribution in [3.8, 4) is 0 Å². The van der Waals surface area contributed by atoms with E-state index in [1.54, 1.807) is 18.5 Å². The van der Waals surface area contributed by atoms with Crippen LogP contribution >= 0.6 is 12.2 Å². The molecule has 2 rings (SSSR count). The first-order valence-corrected chi connectivity index (χ1v) is 6.40. The van der Waals surface area contributed by atoms with Crippen LogP contribution in [0, 0.1) is 0 Å². The molecule has 0 aliphatic heterocycles. The standard InChI is InChI=1S/C14H15N3OS/c19-14(17-16-11-13-7-4-10-18-13)15-9-8-12-5-2-1-3-6-12/h1-7,10-11H,8-9H2,(H2,15,17,19)/b16-11+. The quantitative estimate of drug-likeness (QED) is 0.499. The lowest BCUT2D eigenvalue weighted by Gasteiger charge is -2.06. The van der Waals surface area contributed by atoms with Gasteiger partial charge in [-0.1, -0.05) is 30.3 Å². The second-order valence-electron chi connectivity index (χ2n) is 3.88. The van der Waals surface area contributed by atoms with Gasteiger partial charge >= 0.3 is 0 Å². The summed E-state index contributed by atoms with van der Waals surface area (Å²) in [5, 5.41) is 7.55. The molecule has 0 aliphatic carbocycles. The number of furan rings is 1. The van der Waals surface area contributed by atoms with E-state index in [-0.39, 0.29) is 0 Å². The average Bonchev–Trinajstić information content (AvgIpc) is 2.93. The number of benzene rings is 1. The molecule has 2 N–H and O–H groups in total. The van der Waals surface area contributed by atoms with E-state index >= 15 is 0 Å². The van der Waals surface area contributed by atoms with Crippen molar-refractivity contribution in [3.05, 3.63) is 60.1 Å². The molecule has 0 bridgehead atoms. The van der Waals surface area contributed by atoms with Crippen molar-refractivity contribution >= 4 is 23.5 Å². The number of nitrogens with zero attached hydrogens (tertiary/aromatic N) is 1. The molecule has 0 aliphatic rings. The third-order valence-corrected chi connectivity index (χ3v) is 2.68. The SMILES string of the molecule is S=C(NCCc1ccccc1)N/N=C/c1ccco1. The van der Waals surface area contributed by atoms with Gasteiger partial charge in [-0.05, 0) is 36.3 Å². The van der Waals surface area contributed by atoms with E-state index in [4.69, 9.17) is 16.6 Å². The Hall–Kier alpha value is -2.14. The second kappa shape index (κ2) is 7.33. The topological polar surface area (TPSA) is 49.6 Å². The van der Waals surface area contributed by atoms with Gasteiger partial charge in [-0.15, -0.1) is 0 Å². The van der Waals surface area contributed by atoms with Crippen molar-refractivity contribution in [1.29, 1.82) is 0 Å². The zero-order chi connectivity index (χ0) is 13.3. The monoisotopic (exact) mass is 273 g/mol. The zero-order valence-corrected chi connectivity index (χ0v) is 11.2. The van der Waals surface area contributed by atoms with E-state index in [0.29, 0.717) is 10.9 Å². The molecule has 0 radical (unpaired) electrons. The van der Waals surface area contributed by atoms with Crippen molar-refractivity contribution in [1.82, 2.24) is 10.7 Å². The summed E-state index contributed by atoms with van der Waals surface area (Å²) in [6.07, 6.45) is 4.09. The molecular formula is C14H15N3OS. The third kappa shape index (κ3) is 4.93. The maximum atomic E-state index is 5.10. The summed E-state index contributed by atoms with van der Waals surface area (Å²) in [5.74, 6) is 0.680. The largest absolute Gasteiger partial charge is 0.463 e. The molecule has 98 valence electrons. The highest BCUT2D eigenvalue weighted by molar-refractivity contribution is 7.80. The number of hydrazone groups is 1. The zero-order valence-electron chi connectivity index (χ0n) is 10.4. The first-order chi connectivity index (χ1) is 9.34. The van der Waals surface area contributed by atoms with Crippen molar-refractivity contribution in [3.63, 3.8) is 0 Å². The minimum atomic E-state index is 0.499. The summed E-state index contributed by atoms with van der Waals surface area (Å²) in [6, 6.07) is 13.9. The van der Waals surface area contributed by atoms with E-state index in [9.17, 15) is 0 Å². The number of hydrogen-bond acceptors (Lipinski definition) is 3. The van der Waals surface area contributed by atoms with E-state index in [0.717, 1.165) is 13.0 Å². The normalized spacial score (nSPS) is 10.5. The van der Waals surface area contributed by atoms with Crippen LogP contribution < -0.4 is 10.7 Å². The van der Waals surface area contributed by atoms with Gasteiger partial charge in [-0.25, -0.2) is 0 Å². The summed E-state index contributed by atoms with van der Waals surface area (Å²) in [5.41, 5.74) is 4.01. The van der Waals surface area contributed by atoms with Crippen LogP contribution in [0.25, 0.3) is 0 Å². The van der Waals surface area contributed by atoms with Gasteiger partial charge in [0, 0.05) is 6.54 Å².